The summed E-state index contributed by atoms with van der Waals surface area (Å²) in [4.78, 5) is 4.78. The Morgan fingerprint density at radius 3 is 2.76 bits per heavy atom. The van der Waals surface area contributed by atoms with Crippen LogP contribution in [0.3, 0.4) is 0 Å². The molecule has 0 spiro atoms. The number of hydrogen-bond acceptors (Lipinski definition) is 3. The third-order valence-corrected chi connectivity index (χ3v) is 5.01. The van der Waals surface area contributed by atoms with Crippen LogP contribution >= 0.6 is 0 Å². The van der Waals surface area contributed by atoms with E-state index < -0.39 is 6.10 Å². The largest absolute Gasteiger partial charge is 0.491 e. The third kappa shape index (κ3) is 3.27. The van der Waals surface area contributed by atoms with Crippen LogP contribution in [0.1, 0.15) is 35.7 Å². The van der Waals surface area contributed by atoms with E-state index in [4.69, 9.17) is 9.72 Å². The van der Waals surface area contributed by atoms with Gasteiger partial charge in [-0.15, -0.1) is 0 Å². The standard InChI is InChI=1S/C21H24N2O2/c1-14-6-5-9-20(15(14)2)25-13-17(24)12-23-19-8-4-3-7-18(19)22-21(23)16-10-11-16/h3-9,16-17,24H,10-13H2,1-2H3/t17-/m1/s1. The Hall–Kier alpha value is -2.33. The second-order valence-electron chi connectivity index (χ2n) is 7.01. The van der Waals surface area contributed by atoms with Gasteiger partial charge in [0.15, 0.2) is 0 Å². The van der Waals surface area contributed by atoms with Gasteiger partial charge >= 0.3 is 0 Å². The topological polar surface area (TPSA) is 47.3 Å². The van der Waals surface area contributed by atoms with Crippen LogP contribution < -0.4 is 4.74 Å². The van der Waals surface area contributed by atoms with Gasteiger partial charge in [-0.1, -0.05) is 24.3 Å². The van der Waals surface area contributed by atoms with Crippen molar-refractivity contribution in [2.45, 2.75) is 45.3 Å². The summed E-state index contributed by atoms with van der Waals surface area (Å²) in [5.74, 6) is 2.49. The zero-order valence-corrected chi connectivity index (χ0v) is 14.8. The van der Waals surface area contributed by atoms with E-state index in [0.717, 1.165) is 28.2 Å². The molecule has 1 atom stereocenters. The van der Waals surface area contributed by atoms with Crippen LogP contribution in [-0.2, 0) is 6.54 Å². The van der Waals surface area contributed by atoms with Crippen LogP contribution in [0.2, 0.25) is 0 Å². The number of benzene rings is 2. The number of aromatic nitrogens is 2. The maximum atomic E-state index is 10.6. The van der Waals surface area contributed by atoms with Gasteiger partial charge in [0.05, 0.1) is 17.6 Å². The van der Waals surface area contributed by atoms with Crippen molar-refractivity contribution in [2.24, 2.45) is 0 Å². The highest BCUT2D eigenvalue weighted by molar-refractivity contribution is 5.76. The summed E-state index contributed by atoms with van der Waals surface area (Å²) in [6.45, 7) is 4.90. The van der Waals surface area contributed by atoms with Crippen LogP contribution in [0.4, 0.5) is 0 Å². The molecular weight excluding hydrogens is 312 g/mol. The number of imidazole rings is 1. The predicted octanol–water partition coefficient (Wildman–Crippen LogP) is 3.97. The molecule has 0 bridgehead atoms. The van der Waals surface area contributed by atoms with Gasteiger partial charge in [-0.3, -0.25) is 0 Å². The van der Waals surface area contributed by atoms with Crippen molar-refractivity contribution < 1.29 is 9.84 Å². The van der Waals surface area contributed by atoms with Crippen LogP contribution in [0.5, 0.6) is 5.75 Å². The molecule has 1 fully saturated rings. The molecule has 2 aromatic carbocycles. The Labute approximate surface area is 148 Å². The SMILES string of the molecule is Cc1cccc(OC[C@H](O)Cn2c(C3CC3)nc3ccccc32)c1C. The Bertz CT molecular complexity index is 896. The highest BCUT2D eigenvalue weighted by atomic mass is 16.5. The van der Waals surface area contributed by atoms with Gasteiger partial charge in [-0.25, -0.2) is 4.98 Å². The average Bonchev–Trinajstić information content (AvgIpc) is 3.39. The average molecular weight is 336 g/mol. The molecule has 0 radical (unpaired) electrons. The summed E-state index contributed by atoms with van der Waals surface area (Å²) in [6.07, 6.45) is 1.81. The minimum Gasteiger partial charge on any atom is -0.491 e. The summed E-state index contributed by atoms with van der Waals surface area (Å²) in [5.41, 5.74) is 4.42. The molecule has 1 aliphatic carbocycles. The Balaban J connectivity index is 1.51. The lowest BCUT2D eigenvalue weighted by molar-refractivity contribution is 0.0923. The van der Waals surface area contributed by atoms with Crippen LogP contribution in [-0.4, -0.2) is 27.4 Å². The van der Waals surface area contributed by atoms with Crippen LogP contribution in [0.15, 0.2) is 42.5 Å². The number of rotatable bonds is 6. The van der Waals surface area contributed by atoms with Crippen molar-refractivity contribution in [3.63, 3.8) is 0 Å². The first-order chi connectivity index (χ1) is 12.1. The molecular formula is C21H24N2O2. The van der Waals surface area contributed by atoms with Crippen LogP contribution in [0.25, 0.3) is 11.0 Å². The lowest BCUT2D eigenvalue weighted by atomic mass is 10.1. The van der Waals surface area contributed by atoms with Crippen LogP contribution in [0, 0.1) is 13.8 Å². The smallest absolute Gasteiger partial charge is 0.122 e. The van der Waals surface area contributed by atoms with Gasteiger partial charge in [0.25, 0.3) is 0 Å². The highest BCUT2D eigenvalue weighted by Gasteiger charge is 2.30. The van der Waals surface area contributed by atoms with E-state index in [0.29, 0.717) is 12.5 Å². The van der Waals surface area contributed by atoms with Crippen molar-refractivity contribution >= 4 is 11.0 Å². The van der Waals surface area contributed by atoms with Gasteiger partial charge < -0.3 is 14.4 Å². The van der Waals surface area contributed by atoms with Gasteiger partial charge in [0, 0.05) is 5.92 Å². The number of fused-ring (bicyclic) bond motifs is 1. The summed E-state index contributed by atoms with van der Waals surface area (Å²) in [7, 11) is 0. The Morgan fingerprint density at radius 1 is 1.16 bits per heavy atom. The maximum absolute atomic E-state index is 10.6. The van der Waals surface area contributed by atoms with Gasteiger partial charge in [0.1, 0.15) is 24.3 Å². The first kappa shape index (κ1) is 16.2. The lowest BCUT2D eigenvalue weighted by Gasteiger charge is -2.17. The second-order valence-corrected chi connectivity index (χ2v) is 7.01. The number of aliphatic hydroxyl groups is 1. The number of aryl methyl sites for hydroxylation is 1. The Morgan fingerprint density at radius 2 is 1.96 bits per heavy atom. The molecule has 4 heteroatoms. The molecule has 0 saturated heterocycles. The first-order valence-corrected chi connectivity index (χ1v) is 8.95. The normalized spacial score (nSPS) is 15.5. The molecule has 1 N–H and O–H groups in total. The first-order valence-electron chi connectivity index (χ1n) is 8.95. The van der Waals surface area contributed by atoms with E-state index >= 15 is 0 Å². The van der Waals surface area contributed by atoms with E-state index in [9.17, 15) is 5.11 Å². The fourth-order valence-corrected chi connectivity index (χ4v) is 3.27. The molecule has 0 aliphatic heterocycles. The van der Waals surface area contributed by atoms with E-state index in [2.05, 4.69) is 23.6 Å². The zero-order chi connectivity index (χ0) is 17.4. The molecule has 25 heavy (non-hydrogen) atoms. The number of para-hydroxylation sites is 2. The van der Waals surface area contributed by atoms with E-state index in [1.54, 1.807) is 0 Å². The fraction of sp³-hybridized carbons (Fsp3) is 0.381. The highest BCUT2D eigenvalue weighted by Crippen LogP contribution is 2.40. The fourth-order valence-electron chi connectivity index (χ4n) is 3.27. The molecule has 1 aliphatic rings. The Kier molecular flexibility index (Phi) is 4.22. The van der Waals surface area contributed by atoms with Gasteiger partial charge in [-0.2, -0.15) is 0 Å². The molecule has 1 saturated carbocycles. The molecule has 1 aromatic heterocycles. The molecule has 4 rings (SSSR count). The van der Waals surface area contributed by atoms with Crippen molar-refractivity contribution in [2.75, 3.05) is 6.61 Å². The van der Waals surface area contributed by atoms with Crippen molar-refractivity contribution in [3.05, 3.63) is 59.4 Å². The predicted molar refractivity (Wildman–Crippen MR) is 99.1 cm³/mol. The van der Waals surface area contributed by atoms with Crippen molar-refractivity contribution in [1.29, 1.82) is 0 Å². The van der Waals surface area contributed by atoms with E-state index in [-0.39, 0.29) is 6.61 Å². The number of ether oxygens (including phenoxy) is 1. The van der Waals surface area contributed by atoms with Gasteiger partial charge in [-0.05, 0) is 56.0 Å². The monoisotopic (exact) mass is 336 g/mol. The lowest BCUT2D eigenvalue weighted by Crippen LogP contribution is -2.24. The summed E-state index contributed by atoms with van der Waals surface area (Å²) >= 11 is 0. The summed E-state index contributed by atoms with van der Waals surface area (Å²) in [5, 5.41) is 10.6. The number of hydrogen-bond donors (Lipinski definition) is 1. The minimum absolute atomic E-state index is 0.279. The molecule has 0 unspecified atom stereocenters. The molecule has 130 valence electrons. The van der Waals surface area contributed by atoms with Crippen molar-refractivity contribution in [1.82, 2.24) is 9.55 Å². The molecule has 0 amide bonds. The third-order valence-electron chi connectivity index (χ3n) is 5.01. The molecule has 4 nitrogen and oxygen atoms in total. The number of nitrogens with zero attached hydrogens (tertiary/aromatic N) is 2. The summed E-state index contributed by atoms with van der Waals surface area (Å²) in [6, 6.07) is 14.2. The number of aliphatic hydroxyl groups excluding tert-OH is 1. The second kappa shape index (κ2) is 6.52. The van der Waals surface area contributed by atoms with Gasteiger partial charge in [0.2, 0.25) is 0 Å². The molecule has 3 aromatic rings. The minimum atomic E-state index is -0.574. The summed E-state index contributed by atoms with van der Waals surface area (Å²) < 4.78 is 8.04. The van der Waals surface area contributed by atoms with E-state index in [1.165, 1.54) is 18.4 Å². The quantitative estimate of drug-likeness (QED) is 0.741. The zero-order valence-electron chi connectivity index (χ0n) is 14.8. The molecule has 1 heterocycles. The maximum Gasteiger partial charge on any atom is 0.122 e. The van der Waals surface area contributed by atoms with E-state index in [1.807, 2.05) is 37.3 Å². The van der Waals surface area contributed by atoms with Crippen molar-refractivity contribution in [3.8, 4) is 5.75 Å².